The number of fused-ring (bicyclic) bond motifs is 1. The Labute approximate surface area is 163 Å². The first kappa shape index (κ1) is 18.8. The number of rotatable bonds is 8. The number of benzene rings is 1. The van der Waals surface area contributed by atoms with E-state index >= 15 is 0 Å². The summed E-state index contributed by atoms with van der Waals surface area (Å²) in [7, 11) is -3.55. The summed E-state index contributed by atoms with van der Waals surface area (Å²) in [5.74, 6) is 1.29. The van der Waals surface area contributed by atoms with Crippen LogP contribution < -0.4 is 10.0 Å². The predicted octanol–water partition coefficient (Wildman–Crippen LogP) is 1.24. The third kappa shape index (κ3) is 4.29. The zero-order valence-corrected chi connectivity index (χ0v) is 16.1. The van der Waals surface area contributed by atoms with Crippen LogP contribution in [-0.4, -0.2) is 54.0 Å². The van der Waals surface area contributed by atoms with Gasteiger partial charge in [0.1, 0.15) is 5.82 Å². The lowest BCUT2D eigenvalue weighted by atomic mass is 10.2. The summed E-state index contributed by atoms with van der Waals surface area (Å²) >= 11 is 0. The molecule has 1 aliphatic rings. The molecule has 1 aromatic carbocycles. The Hall–Kier alpha value is -2.56. The van der Waals surface area contributed by atoms with Crippen molar-refractivity contribution in [2.75, 3.05) is 25.0 Å². The van der Waals surface area contributed by atoms with Crippen LogP contribution in [0.25, 0.3) is 5.65 Å². The van der Waals surface area contributed by atoms with E-state index in [1.165, 1.54) is 0 Å². The fourth-order valence-corrected chi connectivity index (χ4v) is 4.14. The first-order valence-electron chi connectivity index (χ1n) is 9.23. The number of ether oxygens (including phenoxy) is 1. The fraction of sp³-hybridized carbons (Fsp3) is 0.389. The Morgan fingerprint density at radius 2 is 2.00 bits per heavy atom. The lowest BCUT2D eigenvalue weighted by Gasteiger charge is -2.11. The molecule has 1 atom stereocenters. The highest BCUT2D eigenvalue weighted by molar-refractivity contribution is 7.89. The van der Waals surface area contributed by atoms with Gasteiger partial charge in [0.25, 0.3) is 0 Å². The maximum atomic E-state index is 12.3. The molecule has 0 amide bonds. The zero-order chi connectivity index (χ0) is 19.4. The summed E-state index contributed by atoms with van der Waals surface area (Å²) < 4.78 is 34.4. The van der Waals surface area contributed by atoms with Gasteiger partial charge in [0, 0.05) is 26.1 Å². The van der Waals surface area contributed by atoms with E-state index in [9.17, 15) is 8.42 Å². The van der Waals surface area contributed by atoms with Gasteiger partial charge in [-0.2, -0.15) is 4.52 Å². The Balaban J connectivity index is 1.40. The third-order valence-corrected chi connectivity index (χ3v) is 6.03. The molecule has 2 N–H and O–H groups in total. The molecule has 1 saturated heterocycles. The molecule has 0 aliphatic carbocycles. The molecule has 2 aromatic heterocycles. The quantitative estimate of drug-likeness (QED) is 0.583. The van der Waals surface area contributed by atoms with E-state index in [0.29, 0.717) is 30.3 Å². The molecule has 1 aliphatic heterocycles. The minimum absolute atomic E-state index is 0.202. The fourth-order valence-electron chi connectivity index (χ4n) is 3.09. The maximum Gasteiger partial charge on any atom is 0.240 e. The highest BCUT2D eigenvalue weighted by Crippen LogP contribution is 2.14. The maximum absolute atomic E-state index is 12.3. The molecule has 148 valence electrons. The van der Waals surface area contributed by atoms with Crippen LogP contribution in [0.15, 0.2) is 47.4 Å². The molecule has 4 rings (SSSR count). The van der Waals surface area contributed by atoms with E-state index in [2.05, 4.69) is 25.3 Å². The van der Waals surface area contributed by atoms with Gasteiger partial charge in [0.05, 0.1) is 11.0 Å². The minimum atomic E-state index is -3.55. The van der Waals surface area contributed by atoms with Gasteiger partial charge in [-0.3, -0.25) is 0 Å². The molecule has 3 heterocycles. The minimum Gasteiger partial charge on any atom is -0.376 e. The molecule has 0 radical (unpaired) electrons. The lowest BCUT2D eigenvalue weighted by Crippen LogP contribution is -2.26. The number of nitrogens with one attached hydrogen (secondary N) is 2. The zero-order valence-electron chi connectivity index (χ0n) is 15.3. The molecule has 1 unspecified atom stereocenters. The predicted molar refractivity (Wildman–Crippen MR) is 104 cm³/mol. The molecule has 3 aromatic rings. The average molecular weight is 402 g/mol. The van der Waals surface area contributed by atoms with Crippen LogP contribution in [0.4, 0.5) is 5.82 Å². The van der Waals surface area contributed by atoms with Gasteiger partial charge < -0.3 is 10.1 Å². The SMILES string of the molecule is O=S(=O)(NCCc1nnc2ccc(NCC3CCCO3)nn12)c1ccccc1. The smallest absolute Gasteiger partial charge is 0.240 e. The van der Waals surface area contributed by atoms with Crippen LogP contribution in [0.2, 0.25) is 0 Å². The van der Waals surface area contributed by atoms with Gasteiger partial charge in [-0.05, 0) is 37.1 Å². The molecule has 0 bridgehead atoms. The van der Waals surface area contributed by atoms with Crippen molar-refractivity contribution < 1.29 is 13.2 Å². The number of hydrogen-bond donors (Lipinski definition) is 2. The number of anilines is 1. The van der Waals surface area contributed by atoms with Crippen LogP contribution >= 0.6 is 0 Å². The standard InChI is InChI=1S/C18H22N6O3S/c25-28(26,15-6-2-1-3-7-15)20-11-10-18-22-21-17-9-8-16(23-24(17)18)19-13-14-5-4-12-27-14/h1-3,6-9,14,20H,4-5,10-13H2,(H,19,23). The number of hydrogen-bond acceptors (Lipinski definition) is 7. The summed E-state index contributed by atoms with van der Waals surface area (Å²) in [4.78, 5) is 0.236. The lowest BCUT2D eigenvalue weighted by molar-refractivity contribution is 0.120. The summed E-state index contributed by atoms with van der Waals surface area (Å²) in [6.45, 7) is 1.72. The van der Waals surface area contributed by atoms with Crippen molar-refractivity contribution in [3.8, 4) is 0 Å². The van der Waals surface area contributed by atoms with Crippen LogP contribution in [-0.2, 0) is 21.2 Å². The van der Waals surface area contributed by atoms with Gasteiger partial charge in [-0.1, -0.05) is 18.2 Å². The Kier molecular flexibility index (Phi) is 5.51. The monoisotopic (exact) mass is 402 g/mol. The van der Waals surface area contributed by atoms with E-state index in [0.717, 1.165) is 19.4 Å². The molecular formula is C18H22N6O3S. The van der Waals surface area contributed by atoms with E-state index in [4.69, 9.17) is 4.74 Å². The summed E-state index contributed by atoms with van der Waals surface area (Å²) in [5.41, 5.74) is 0.614. The normalized spacial score (nSPS) is 17.2. The van der Waals surface area contributed by atoms with Gasteiger partial charge in [0.2, 0.25) is 10.0 Å². The molecular weight excluding hydrogens is 380 g/mol. The summed E-state index contributed by atoms with van der Waals surface area (Å²) in [5, 5.41) is 16.0. The third-order valence-electron chi connectivity index (χ3n) is 4.56. The van der Waals surface area contributed by atoms with Crippen molar-refractivity contribution in [1.82, 2.24) is 24.5 Å². The Bertz CT molecular complexity index is 1030. The largest absolute Gasteiger partial charge is 0.376 e. The number of sulfonamides is 1. The Morgan fingerprint density at radius 3 is 2.79 bits per heavy atom. The van der Waals surface area contributed by atoms with E-state index in [1.807, 2.05) is 12.1 Å². The van der Waals surface area contributed by atoms with Crippen LogP contribution in [0, 0.1) is 0 Å². The van der Waals surface area contributed by atoms with E-state index in [1.54, 1.807) is 34.8 Å². The summed E-state index contributed by atoms with van der Waals surface area (Å²) in [6, 6.07) is 11.9. The van der Waals surface area contributed by atoms with Crippen LogP contribution in [0.5, 0.6) is 0 Å². The molecule has 28 heavy (non-hydrogen) atoms. The average Bonchev–Trinajstić information content (AvgIpc) is 3.37. The highest BCUT2D eigenvalue weighted by Gasteiger charge is 2.16. The van der Waals surface area contributed by atoms with Gasteiger partial charge >= 0.3 is 0 Å². The van der Waals surface area contributed by atoms with Crippen molar-refractivity contribution in [2.45, 2.75) is 30.3 Å². The van der Waals surface area contributed by atoms with Gasteiger partial charge in [0.15, 0.2) is 11.5 Å². The van der Waals surface area contributed by atoms with Gasteiger partial charge in [-0.25, -0.2) is 13.1 Å². The summed E-state index contributed by atoms with van der Waals surface area (Å²) in [6.07, 6.45) is 2.72. The van der Waals surface area contributed by atoms with Crippen LogP contribution in [0.1, 0.15) is 18.7 Å². The van der Waals surface area contributed by atoms with Crippen molar-refractivity contribution >= 4 is 21.5 Å². The van der Waals surface area contributed by atoms with Crippen molar-refractivity contribution in [3.63, 3.8) is 0 Å². The second-order valence-electron chi connectivity index (χ2n) is 6.58. The van der Waals surface area contributed by atoms with Crippen molar-refractivity contribution in [1.29, 1.82) is 0 Å². The first-order chi connectivity index (χ1) is 13.6. The topological polar surface area (TPSA) is 111 Å². The van der Waals surface area contributed by atoms with Gasteiger partial charge in [-0.15, -0.1) is 15.3 Å². The Morgan fingerprint density at radius 1 is 1.14 bits per heavy atom. The van der Waals surface area contributed by atoms with E-state index in [-0.39, 0.29) is 17.5 Å². The van der Waals surface area contributed by atoms with Crippen molar-refractivity contribution in [3.05, 3.63) is 48.3 Å². The number of nitrogens with zero attached hydrogens (tertiary/aromatic N) is 4. The molecule has 9 nitrogen and oxygen atoms in total. The van der Waals surface area contributed by atoms with Crippen LogP contribution in [0.3, 0.4) is 0 Å². The first-order valence-corrected chi connectivity index (χ1v) is 10.7. The molecule has 0 saturated carbocycles. The molecule has 1 fully saturated rings. The highest BCUT2D eigenvalue weighted by atomic mass is 32.2. The second-order valence-corrected chi connectivity index (χ2v) is 8.35. The molecule has 0 spiro atoms. The number of aromatic nitrogens is 4. The molecule has 10 heteroatoms. The van der Waals surface area contributed by atoms with E-state index < -0.39 is 10.0 Å². The second kappa shape index (κ2) is 8.21. The van der Waals surface area contributed by atoms with Crippen molar-refractivity contribution in [2.24, 2.45) is 0 Å².